The van der Waals surface area contributed by atoms with E-state index < -0.39 is 0 Å². The van der Waals surface area contributed by atoms with Crippen molar-refractivity contribution in [1.29, 1.82) is 0 Å². The average molecular weight is 640 g/mol. The molecule has 0 spiro atoms. The van der Waals surface area contributed by atoms with E-state index in [1.165, 1.54) is 44.2 Å². The normalized spacial score (nSPS) is 10.7. The Morgan fingerprint density at radius 2 is 0.694 bits per heavy atom. The average Bonchev–Trinajstić information content (AvgIpc) is 3.14. The van der Waals surface area contributed by atoms with Crippen molar-refractivity contribution in [2.75, 3.05) is 16.0 Å². The molecule has 0 aliphatic rings. The molecule has 49 heavy (non-hydrogen) atoms. The Morgan fingerprint density at radius 1 is 0.347 bits per heavy atom. The highest BCUT2D eigenvalue weighted by molar-refractivity contribution is 5.98. The van der Waals surface area contributed by atoms with E-state index in [1.54, 1.807) is 0 Å². The van der Waals surface area contributed by atoms with Crippen LogP contribution in [0.15, 0.2) is 158 Å². The SMILES string of the molecule is CC.Cc1ccc(Nc2ccc(C(c3ccc(Nc4ccc(C)cc4)cc3)c3ccc(Nc4ccc(C)cc4)c4ccccc34)cc2)cc1. The molecule has 0 amide bonds. The Morgan fingerprint density at radius 3 is 1.10 bits per heavy atom. The maximum absolute atomic E-state index is 3.67. The van der Waals surface area contributed by atoms with Crippen LogP contribution in [0.2, 0.25) is 0 Å². The Hall–Kier alpha value is -5.80. The molecule has 7 aromatic carbocycles. The topological polar surface area (TPSA) is 36.1 Å². The van der Waals surface area contributed by atoms with Crippen molar-refractivity contribution < 1.29 is 0 Å². The van der Waals surface area contributed by atoms with Crippen LogP contribution in [-0.4, -0.2) is 0 Å². The zero-order valence-corrected chi connectivity index (χ0v) is 29.1. The molecule has 3 nitrogen and oxygen atoms in total. The highest BCUT2D eigenvalue weighted by Crippen LogP contribution is 2.40. The fourth-order valence-corrected chi connectivity index (χ4v) is 6.15. The summed E-state index contributed by atoms with van der Waals surface area (Å²) in [6, 6.07) is 56.6. The summed E-state index contributed by atoms with van der Waals surface area (Å²) in [7, 11) is 0. The van der Waals surface area contributed by atoms with Crippen LogP contribution < -0.4 is 16.0 Å². The quantitative estimate of drug-likeness (QED) is 0.138. The molecule has 0 radical (unpaired) electrons. The van der Waals surface area contributed by atoms with Gasteiger partial charge < -0.3 is 16.0 Å². The van der Waals surface area contributed by atoms with Gasteiger partial charge in [0.1, 0.15) is 0 Å². The molecule has 0 aliphatic heterocycles. The molecule has 0 saturated heterocycles. The maximum atomic E-state index is 3.67. The van der Waals surface area contributed by atoms with Crippen LogP contribution in [-0.2, 0) is 0 Å². The molecular formula is C46H45N3. The van der Waals surface area contributed by atoms with Gasteiger partial charge >= 0.3 is 0 Å². The van der Waals surface area contributed by atoms with E-state index >= 15 is 0 Å². The molecule has 0 heterocycles. The molecule has 244 valence electrons. The zero-order valence-electron chi connectivity index (χ0n) is 29.1. The number of hydrogen-bond acceptors (Lipinski definition) is 3. The Balaban J connectivity index is 0.00000205. The summed E-state index contributed by atoms with van der Waals surface area (Å²) in [6.45, 7) is 10.3. The minimum absolute atomic E-state index is 0.0372. The number of rotatable bonds is 9. The molecule has 0 aromatic heterocycles. The fraction of sp³-hybridized carbons (Fsp3) is 0.130. The molecule has 7 rings (SSSR count). The van der Waals surface area contributed by atoms with E-state index in [2.05, 4.69) is 194 Å². The van der Waals surface area contributed by atoms with Crippen LogP contribution in [0.25, 0.3) is 10.8 Å². The number of fused-ring (bicyclic) bond motifs is 1. The van der Waals surface area contributed by atoms with E-state index in [4.69, 9.17) is 0 Å². The lowest BCUT2D eigenvalue weighted by molar-refractivity contribution is 0.990. The Kier molecular flexibility index (Phi) is 10.4. The van der Waals surface area contributed by atoms with Gasteiger partial charge in [0.25, 0.3) is 0 Å². The van der Waals surface area contributed by atoms with Crippen LogP contribution in [0.1, 0.15) is 53.1 Å². The second-order valence-corrected chi connectivity index (χ2v) is 12.4. The van der Waals surface area contributed by atoms with Crippen LogP contribution in [0, 0.1) is 20.8 Å². The Bertz CT molecular complexity index is 2000. The predicted octanol–water partition coefficient (Wildman–Crippen LogP) is 13.2. The maximum Gasteiger partial charge on any atom is 0.0464 e. The molecule has 3 heteroatoms. The number of hydrogen-bond donors (Lipinski definition) is 3. The zero-order chi connectivity index (χ0) is 34.2. The summed E-state index contributed by atoms with van der Waals surface area (Å²) in [5, 5.41) is 13.2. The highest BCUT2D eigenvalue weighted by Gasteiger charge is 2.20. The number of aryl methyl sites for hydroxylation is 3. The molecule has 3 N–H and O–H groups in total. The summed E-state index contributed by atoms with van der Waals surface area (Å²) in [5.41, 5.74) is 14.0. The third kappa shape index (κ3) is 8.02. The lowest BCUT2D eigenvalue weighted by atomic mass is 9.82. The molecule has 7 aromatic rings. The fourth-order valence-electron chi connectivity index (χ4n) is 6.15. The summed E-state index contributed by atoms with van der Waals surface area (Å²) in [6.07, 6.45) is 0. The van der Waals surface area contributed by atoms with Crippen molar-refractivity contribution in [1.82, 2.24) is 0 Å². The van der Waals surface area contributed by atoms with Gasteiger partial charge in [-0.25, -0.2) is 0 Å². The standard InChI is InChI=1S/C44H39N3.C2H6/c1-30-8-18-35(19-9-30)45-37-24-14-33(15-25-37)44(34-16-26-38(27-17-34)46-36-20-10-31(2)11-21-36)42-28-29-43(41-7-5-4-6-40(41)42)47-39-22-12-32(3)13-23-39;1-2/h4-29,44-47H,1-3H3;1-2H3. The second kappa shape index (κ2) is 15.4. The van der Waals surface area contributed by atoms with Crippen LogP contribution in [0.5, 0.6) is 0 Å². The van der Waals surface area contributed by atoms with Gasteiger partial charge in [-0.15, -0.1) is 0 Å². The van der Waals surface area contributed by atoms with Gasteiger partial charge in [-0.1, -0.05) is 122 Å². The minimum atomic E-state index is 0.0372. The summed E-state index contributed by atoms with van der Waals surface area (Å²) >= 11 is 0. The van der Waals surface area contributed by atoms with Gasteiger partial charge in [0.05, 0.1) is 0 Å². The first-order chi connectivity index (χ1) is 24.0. The van der Waals surface area contributed by atoms with Gasteiger partial charge in [-0.3, -0.25) is 0 Å². The van der Waals surface area contributed by atoms with Crippen molar-refractivity contribution in [3.05, 3.63) is 191 Å². The van der Waals surface area contributed by atoms with E-state index in [-0.39, 0.29) is 5.92 Å². The highest BCUT2D eigenvalue weighted by atomic mass is 14.9. The van der Waals surface area contributed by atoms with Gasteiger partial charge in [0.2, 0.25) is 0 Å². The number of nitrogens with one attached hydrogen (secondary N) is 3. The molecule has 0 saturated carbocycles. The lowest BCUT2D eigenvalue weighted by Gasteiger charge is -2.23. The van der Waals surface area contributed by atoms with Gasteiger partial charge in [-0.05, 0) is 110 Å². The first-order valence-electron chi connectivity index (χ1n) is 17.2. The molecule has 0 bridgehead atoms. The summed E-state index contributed by atoms with van der Waals surface area (Å²) in [4.78, 5) is 0. The van der Waals surface area contributed by atoms with Crippen molar-refractivity contribution in [2.45, 2.75) is 40.5 Å². The third-order valence-electron chi connectivity index (χ3n) is 8.77. The predicted molar refractivity (Wildman–Crippen MR) is 213 cm³/mol. The molecule has 0 fully saturated rings. The largest absolute Gasteiger partial charge is 0.356 e. The van der Waals surface area contributed by atoms with E-state index in [9.17, 15) is 0 Å². The van der Waals surface area contributed by atoms with Gasteiger partial charge in [-0.2, -0.15) is 0 Å². The smallest absolute Gasteiger partial charge is 0.0464 e. The summed E-state index contributed by atoms with van der Waals surface area (Å²) in [5.74, 6) is 0.0372. The van der Waals surface area contributed by atoms with Crippen molar-refractivity contribution in [3.63, 3.8) is 0 Å². The monoisotopic (exact) mass is 639 g/mol. The second-order valence-electron chi connectivity index (χ2n) is 12.4. The van der Waals surface area contributed by atoms with Crippen LogP contribution in [0.3, 0.4) is 0 Å². The van der Waals surface area contributed by atoms with Crippen LogP contribution in [0.4, 0.5) is 34.1 Å². The number of anilines is 6. The molecule has 0 atom stereocenters. The van der Waals surface area contributed by atoms with Crippen molar-refractivity contribution >= 4 is 44.9 Å². The third-order valence-corrected chi connectivity index (χ3v) is 8.77. The minimum Gasteiger partial charge on any atom is -0.356 e. The van der Waals surface area contributed by atoms with Crippen molar-refractivity contribution in [3.8, 4) is 0 Å². The van der Waals surface area contributed by atoms with Crippen LogP contribution >= 0.6 is 0 Å². The number of benzene rings is 7. The van der Waals surface area contributed by atoms with E-state index in [1.807, 2.05) is 13.8 Å². The lowest BCUT2D eigenvalue weighted by Crippen LogP contribution is -2.06. The molecular weight excluding hydrogens is 595 g/mol. The summed E-state index contributed by atoms with van der Waals surface area (Å²) < 4.78 is 0. The molecule has 0 aliphatic carbocycles. The molecule has 0 unspecified atom stereocenters. The van der Waals surface area contributed by atoms with Gasteiger partial charge in [0.15, 0.2) is 0 Å². The van der Waals surface area contributed by atoms with Crippen molar-refractivity contribution in [2.24, 2.45) is 0 Å². The first kappa shape index (κ1) is 33.1. The van der Waals surface area contributed by atoms with E-state index in [0.29, 0.717) is 0 Å². The van der Waals surface area contributed by atoms with E-state index in [0.717, 1.165) is 34.1 Å². The Labute approximate surface area is 291 Å². The first-order valence-corrected chi connectivity index (χ1v) is 17.2. The van der Waals surface area contributed by atoms with Gasteiger partial charge in [0, 0.05) is 45.4 Å².